The van der Waals surface area contributed by atoms with Gasteiger partial charge in [0.2, 0.25) is 0 Å². The first-order valence-corrected chi connectivity index (χ1v) is 4.92. The minimum Gasteiger partial charge on any atom is -0.388 e. The van der Waals surface area contributed by atoms with E-state index in [1.54, 1.807) is 7.11 Å². The second kappa shape index (κ2) is 5.78. The number of rotatable bonds is 5. The first kappa shape index (κ1) is 12.1. The summed E-state index contributed by atoms with van der Waals surface area (Å²) in [4.78, 5) is 3.70. The van der Waals surface area contributed by atoms with Crippen molar-refractivity contribution < 1.29 is 14.2 Å². The van der Waals surface area contributed by atoms with Gasteiger partial charge in [-0.25, -0.2) is 4.39 Å². The highest BCUT2D eigenvalue weighted by molar-refractivity contribution is 5.13. The highest BCUT2D eigenvalue weighted by Gasteiger charge is 2.16. The highest BCUT2D eigenvalue weighted by atomic mass is 19.1. The fraction of sp³-hybridized carbons (Fsp3) is 0.545. The van der Waals surface area contributed by atoms with E-state index >= 15 is 0 Å². The lowest BCUT2D eigenvalue weighted by Gasteiger charge is -2.18. The van der Waals surface area contributed by atoms with Crippen molar-refractivity contribution in [3.05, 3.63) is 29.8 Å². The molecule has 0 radical (unpaired) electrons. The fourth-order valence-corrected chi connectivity index (χ4v) is 1.38. The van der Waals surface area contributed by atoms with Crippen LogP contribution < -0.4 is 0 Å². The van der Waals surface area contributed by atoms with E-state index in [9.17, 15) is 9.50 Å². The molecular formula is C11H16FNO2. The Hall–Kier alpha value is -1.00. The number of hydrogen-bond donors (Lipinski definition) is 1. The summed E-state index contributed by atoms with van der Waals surface area (Å²) in [6.45, 7) is 2.48. The van der Waals surface area contributed by atoms with E-state index in [-0.39, 0.29) is 5.92 Å². The zero-order valence-corrected chi connectivity index (χ0v) is 8.98. The number of hydrogen-bond acceptors (Lipinski definition) is 3. The Morgan fingerprint density at radius 3 is 2.87 bits per heavy atom. The van der Waals surface area contributed by atoms with Crippen LogP contribution in [0.25, 0.3) is 0 Å². The van der Waals surface area contributed by atoms with Crippen LogP contribution >= 0.6 is 0 Å². The van der Waals surface area contributed by atoms with Crippen molar-refractivity contribution in [1.29, 1.82) is 0 Å². The third kappa shape index (κ3) is 3.57. The van der Waals surface area contributed by atoms with Gasteiger partial charge < -0.3 is 9.84 Å². The second-order valence-electron chi connectivity index (χ2n) is 3.64. The summed E-state index contributed by atoms with van der Waals surface area (Å²) in [5.41, 5.74) is 0.513. The second-order valence-corrected chi connectivity index (χ2v) is 3.64. The third-order valence-corrected chi connectivity index (χ3v) is 2.38. The van der Waals surface area contributed by atoms with Crippen LogP contribution in [0.4, 0.5) is 4.39 Å². The molecule has 0 saturated carbocycles. The smallest absolute Gasteiger partial charge is 0.141 e. The number of aromatic nitrogens is 1. The SMILES string of the molecule is COCCC(C)C(O)c1cncc(F)c1. The quantitative estimate of drug-likeness (QED) is 0.812. The van der Waals surface area contributed by atoms with Crippen molar-refractivity contribution >= 4 is 0 Å². The van der Waals surface area contributed by atoms with Gasteiger partial charge >= 0.3 is 0 Å². The summed E-state index contributed by atoms with van der Waals surface area (Å²) in [5.74, 6) is -0.404. The molecule has 1 rings (SSSR count). The molecule has 2 atom stereocenters. The summed E-state index contributed by atoms with van der Waals surface area (Å²) in [6, 6.07) is 1.31. The zero-order chi connectivity index (χ0) is 11.3. The number of pyridine rings is 1. The molecule has 0 aliphatic heterocycles. The first-order chi connectivity index (χ1) is 7.15. The Morgan fingerprint density at radius 1 is 1.53 bits per heavy atom. The number of halogens is 1. The number of ether oxygens (including phenoxy) is 1. The molecule has 1 aromatic rings. The first-order valence-electron chi connectivity index (χ1n) is 4.92. The Bertz CT molecular complexity index is 306. The molecule has 0 amide bonds. The lowest BCUT2D eigenvalue weighted by molar-refractivity contribution is 0.0881. The van der Waals surface area contributed by atoms with Crippen LogP contribution in [0, 0.1) is 11.7 Å². The maximum atomic E-state index is 12.8. The van der Waals surface area contributed by atoms with Gasteiger partial charge in [0.05, 0.1) is 12.3 Å². The summed E-state index contributed by atoms with van der Waals surface area (Å²) in [7, 11) is 1.61. The molecule has 0 aromatic carbocycles. The van der Waals surface area contributed by atoms with Crippen molar-refractivity contribution in [2.24, 2.45) is 5.92 Å². The molecule has 2 unspecified atom stereocenters. The van der Waals surface area contributed by atoms with Crippen molar-refractivity contribution in [3.63, 3.8) is 0 Å². The van der Waals surface area contributed by atoms with Crippen LogP contribution in [0.5, 0.6) is 0 Å². The molecule has 0 aliphatic carbocycles. The van der Waals surface area contributed by atoms with Gasteiger partial charge in [0.25, 0.3) is 0 Å². The molecule has 1 heterocycles. The molecule has 4 heteroatoms. The van der Waals surface area contributed by atoms with Crippen molar-refractivity contribution in [2.75, 3.05) is 13.7 Å². The van der Waals surface area contributed by atoms with Gasteiger partial charge in [-0.3, -0.25) is 4.98 Å². The average Bonchev–Trinajstić information content (AvgIpc) is 2.24. The van der Waals surface area contributed by atoms with Gasteiger partial charge in [-0.2, -0.15) is 0 Å². The molecule has 84 valence electrons. The minimum absolute atomic E-state index is 0.0218. The molecule has 0 spiro atoms. The largest absolute Gasteiger partial charge is 0.388 e. The zero-order valence-electron chi connectivity index (χ0n) is 8.98. The maximum absolute atomic E-state index is 12.8. The molecule has 0 saturated heterocycles. The molecule has 1 aromatic heterocycles. The molecule has 0 aliphatic rings. The monoisotopic (exact) mass is 213 g/mol. The van der Waals surface area contributed by atoms with Gasteiger partial charge in [-0.15, -0.1) is 0 Å². The standard InChI is InChI=1S/C11H16FNO2/c1-8(3-4-15-2)11(14)9-5-10(12)7-13-6-9/h5-8,11,14H,3-4H2,1-2H3. The van der Waals surface area contributed by atoms with Gasteiger partial charge in [-0.1, -0.05) is 6.92 Å². The number of methoxy groups -OCH3 is 1. The van der Waals surface area contributed by atoms with E-state index in [2.05, 4.69) is 4.98 Å². The van der Waals surface area contributed by atoms with Gasteiger partial charge in [0.15, 0.2) is 0 Å². The molecule has 1 N–H and O–H groups in total. The molecule has 0 fully saturated rings. The van der Waals surface area contributed by atoms with Crippen LogP contribution in [0.1, 0.15) is 25.0 Å². The molecule has 3 nitrogen and oxygen atoms in total. The van der Waals surface area contributed by atoms with Crippen LogP contribution in [0.15, 0.2) is 18.5 Å². The van der Waals surface area contributed by atoms with Crippen molar-refractivity contribution in [3.8, 4) is 0 Å². The molecule has 15 heavy (non-hydrogen) atoms. The van der Waals surface area contributed by atoms with Gasteiger partial charge in [-0.05, 0) is 18.4 Å². The van der Waals surface area contributed by atoms with Gasteiger partial charge in [0, 0.05) is 25.5 Å². The summed E-state index contributed by atoms with van der Waals surface area (Å²) >= 11 is 0. The van der Waals surface area contributed by atoms with Crippen LogP contribution in [0.3, 0.4) is 0 Å². The Labute approximate surface area is 88.9 Å². The fourth-order valence-electron chi connectivity index (χ4n) is 1.38. The van der Waals surface area contributed by atoms with Crippen LogP contribution in [-0.2, 0) is 4.74 Å². The number of nitrogens with zero attached hydrogens (tertiary/aromatic N) is 1. The molecule has 0 bridgehead atoms. The van der Waals surface area contributed by atoms with E-state index < -0.39 is 11.9 Å². The van der Waals surface area contributed by atoms with E-state index in [1.165, 1.54) is 12.3 Å². The van der Waals surface area contributed by atoms with E-state index in [0.717, 1.165) is 12.6 Å². The molecular weight excluding hydrogens is 197 g/mol. The average molecular weight is 213 g/mol. The van der Waals surface area contributed by atoms with E-state index in [0.29, 0.717) is 12.2 Å². The lowest BCUT2D eigenvalue weighted by atomic mass is 9.96. The lowest BCUT2D eigenvalue weighted by Crippen LogP contribution is -2.12. The topological polar surface area (TPSA) is 42.4 Å². The van der Waals surface area contributed by atoms with Crippen molar-refractivity contribution in [2.45, 2.75) is 19.4 Å². The number of aliphatic hydroxyl groups is 1. The minimum atomic E-state index is -0.691. The maximum Gasteiger partial charge on any atom is 0.141 e. The highest BCUT2D eigenvalue weighted by Crippen LogP contribution is 2.23. The van der Waals surface area contributed by atoms with Crippen molar-refractivity contribution in [1.82, 2.24) is 4.98 Å². The summed E-state index contributed by atoms with van der Waals surface area (Å²) in [5, 5.41) is 9.88. The Kier molecular flexibility index (Phi) is 4.65. The Morgan fingerprint density at radius 2 is 2.27 bits per heavy atom. The van der Waals surface area contributed by atoms with Crippen LogP contribution in [-0.4, -0.2) is 23.8 Å². The Balaban J connectivity index is 2.62. The van der Waals surface area contributed by atoms with E-state index in [1.807, 2.05) is 6.92 Å². The number of aliphatic hydroxyl groups excluding tert-OH is 1. The normalized spacial score (nSPS) is 14.9. The predicted octanol–water partition coefficient (Wildman–Crippen LogP) is 1.93. The van der Waals surface area contributed by atoms with E-state index in [4.69, 9.17) is 4.74 Å². The third-order valence-electron chi connectivity index (χ3n) is 2.38. The summed E-state index contributed by atoms with van der Waals surface area (Å²) in [6.07, 6.45) is 2.64. The summed E-state index contributed by atoms with van der Waals surface area (Å²) < 4.78 is 17.8. The predicted molar refractivity (Wildman–Crippen MR) is 54.8 cm³/mol. The van der Waals surface area contributed by atoms with Gasteiger partial charge in [0.1, 0.15) is 5.82 Å². The van der Waals surface area contributed by atoms with Crippen LogP contribution in [0.2, 0.25) is 0 Å².